The van der Waals surface area contributed by atoms with Gasteiger partial charge in [0.1, 0.15) is 5.58 Å². The first-order chi connectivity index (χ1) is 41.0. The average Bonchev–Trinajstić information content (AvgIpc) is 0.937. The molecule has 2 unspecified atom stereocenters. The quantitative estimate of drug-likeness (QED) is 0.164. The molecule has 1 fully saturated rings. The number of nitrogens with zero attached hydrogens (tertiary/aromatic N) is 3. The van der Waals surface area contributed by atoms with Crippen molar-refractivity contribution in [2.24, 2.45) is 0 Å². The zero-order valence-electron chi connectivity index (χ0n) is 52.6. The van der Waals surface area contributed by atoms with Crippen LogP contribution in [0.4, 0.5) is 45.5 Å². The lowest BCUT2D eigenvalue weighted by molar-refractivity contribution is 0.195. The Morgan fingerprint density at radius 3 is 1.71 bits per heavy atom. The van der Waals surface area contributed by atoms with Crippen LogP contribution in [0.5, 0.6) is 0 Å². The largest absolute Gasteiger partial charge is 0.454 e. The summed E-state index contributed by atoms with van der Waals surface area (Å²) in [6, 6.07) is 64.8. The number of benzene rings is 9. The number of anilines is 8. The minimum Gasteiger partial charge on any atom is -0.454 e. The molecule has 0 radical (unpaired) electrons. The van der Waals surface area contributed by atoms with Crippen molar-refractivity contribution in [3.63, 3.8) is 0 Å². The smallest absolute Gasteiger partial charge is 0.252 e. The molecule has 2 aromatic heterocycles. The van der Waals surface area contributed by atoms with Gasteiger partial charge in [-0.3, -0.25) is 0 Å². The van der Waals surface area contributed by atoms with E-state index in [1.165, 1.54) is 134 Å². The molecule has 86 heavy (non-hydrogen) atoms. The molecule has 0 bridgehead atoms. The Bertz CT molecular complexity index is 4790. The van der Waals surface area contributed by atoms with Crippen LogP contribution < -0.4 is 31.1 Å². The van der Waals surface area contributed by atoms with Gasteiger partial charge in [0.05, 0.1) is 16.9 Å². The number of hydrogen-bond donors (Lipinski definition) is 0. The normalized spacial score (nSPS) is 21.6. The van der Waals surface area contributed by atoms with Gasteiger partial charge >= 0.3 is 0 Å². The summed E-state index contributed by atoms with van der Waals surface area (Å²) in [4.78, 5) is 8.33. The molecular formula is C80H78BN3OS. The van der Waals surface area contributed by atoms with Crippen LogP contribution in [0.2, 0.25) is 0 Å². The first-order valence-electron chi connectivity index (χ1n) is 32.0. The molecule has 0 spiro atoms. The van der Waals surface area contributed by atoms with E-state index in [1.54, 1.807) is 0 Å². The lowest BCUT2D eigenvalue weighted by Crippen LogP contribution is -2.62. The van der Waals surface area contributed by atoms with Gasteiger partial charge in [-0.15, -0.1) is 11.3 Å². The highest BCUT2D eigenvalue weighted by molar-refractivity contribution is 7.26. The lowest BCUT2D eigenvalue weighted by Gasteiger charge is -2.51. The van der Waals surface area contributed by atoms with Crippen molar-refractivity contribution in [2.75, 3.05) is 14.7 Å². The van der Waals surface area contributed by atoms with Crippen molar-refractivity contribution in [3.8, 4) is 0 Å². The lowest BCUT2D eigenvalue weighted by atomic mass is 9.32. The fraction of sp³-hybridized carbons (Fsp3) is 0.325. The topological polar surface area (TPSA) is 22.9 Å². The molecule has 11 aromatic rings. The van der Waals surface area contributed by atoms with E-state index in [0.717, 1.165) is 53.3 Å². The molecule has 0 amide bonds. The van der Waals surface area contributed by atoms with Crippen molar-refractivity contribution in [2.45, 2.75) is 167 Å². The van der Waals surface area contributed by atoms with Gasteiger partial charge in [-0.25, -0.2) is 0 Å². The van der Waals surface area contributed by atoms with Gasteiger partial charge in [-0.1, -0.05) is 199 Å². The SMILES string of the molecule is CC(C)(C)c1ccc2c(c1)C1(C)CCCCC1(C)N2c1cc2c3c(c1)N(c1cccc4sc5ccccc5c14)c1cc4c(cc1B3c1cc3c(cc1N2c1cccc2c1oc1ccccc12)C(C)(C)CCC3(C)C)C(C)(C)c1ccccc1C4(C)C. The predicted octanol–water partition coefficient (Wildman–Crippen LogP) is 20.4. The first kappa shape index (κ1) is 52.8. The van der Waals surface area contributed by atoms with Crippen molar-refractivity contribution in [3.05, 3.63) is 208 Å². The fourth-order valence-electron chi connectivity index (χ4n) is 18.1. The van der Waals surface area contributed by atoms with Crippen LogP contribution >= 0.6 is 11.3 Å². The number of hydrogen-bond acceptors (Lipinski definition) is 5. The summed E-state index contributed by atoms with van der Waals surface area (Å²) >= 11 is 1.92. The van der Waals surface area contributed by atoms with Gasteiger partial charge in [0.2, 0.25) is 0 Å². The molecule has 5 heterocycles. The molecule has 0 saturated heterocycles. The molecule has 428 valence electrons. The second-order valence-electron chi connectivity index (χ2n) is 30.6. The van der Waals surface area contributed by atoms with Crippen LogP contribution in [0.1, 0.15) is 173 Å². The van der Waals surface area contributed by atoms with E-state index < -0.39 is 0 Å². The second-order valence-corrected chi connectivity index (χ2v) is 31.7. The second kappa shape index (κ2) is 17.2. The minimum atomic E-state index is -0.275. The molecule has 0 N–H and O–H groups in total. The highest BCUT2D eigenvalue weighted by Crippen LogP contribution is 2.63. The predicted molar refractivity (Wildman–Crippen MR) is 368 cm³/mol. The zero-order chi connectivity index (χ0) is 59.1. The van der Waals surface area contributed by atoms with E-state index in [9.17, 15) is 0 Å². The third-order valence-electron chi connectivity index (χ3n) is 23.3. The monoisotopic (exact) mass is 1140 g/mol. The van der Waals surface area contributed by atoms with Crippen molar-refractivity contribution < 1.29 is 4.42 Å². The van der Waals surface area contributed by atoms with E-state index >= 15 is 0 Å². The summed E-state index contributed by atoms with van der Waals surface area (Å²) in [7, 11) is 0. The molecule has 2 atom stereocenters. The van der Waals surface area contributed by atoms with Gasteiger partial charge in [0, 0.05) is 81.3 Å². The van der Waals surface area contributed by atoms with E-state index in [0.29, 0.717) is 0 Å². The van der Waals surface area contributed by atoms with Gasteiger partial charge in [0.25, 0.3) is 6.71 Å². The summed E-state index contributed by atoms with van der Waals surface area (Å²) in [5.74, 6) is 0. The van der Waals surface area contributed by atoms with Gasteiger partial charge in [-0.2, -0.15) is 0 Å². The van der Waals surface area contributed by atoms with Crippen LogP contribution in [0.15, 0.2) is 168 Å². The van der Waals surface area contributed by atoms with Crippen LogP contribution in [-0.4, -0.2) is 12.3 Å². The molecule has 4 nitrogen and oxygen atoms in total. The van der Waals surface area contributed by atoms with Gasteiger partial charge in [0.15, 0.2) is 5.58 Å². The maximum absolute atomic E-state index is 7.26. The van der Waals surface area contributed by atoms with Crippen molar-refractivity contribution in [1.82, 2.24) is 0 Å². The molecule has 6 aliphatic rings. The Kier molecular flexibility index (Phi) is 10.5. The van der Waals surface area contributed by atoms with Crippen molar-refractivity contribution in [1.29, 1.82) is 0 Å². The average molecular weight is 1140 g/mol. The first-order valence-corrected chi connectivity index (χ1v) is 32.8. The van der Waals surface area contributed by atoms with Crippen LogP contribution in [0.3, 0.4) is 0 Å². The Morgan fingerprint density at radius 1 is 0.442 bits per heavy atom. The van der Waals surface area contributed by atoms with E-state index in [2.05, 4.69) is 269 Å². The zero-order valence-corrected chi connectivity index (χ0v) is 53.4. The highest BCUT2D eigenvalue weighted by Gasteiger charge is 2.59. The molecule has 6 heteroatoms. The minimum absolute atomic E-state index is 0.00914. The Hall–Kier alpha value is -7.54. The summed E-state index contributed by atoms with van der Waals surface area (Å²) in [5, 5.41) is 4.90. The summed E-state index contributed by atoms with van der Waals surface area (Å²) in [5.41, 5.74) is 26.4. The Balaban J connectivity index is 1.07. The van der Waals surface area contributed by atoms with Crippen molar-refractivity contribution >= 4 is 122 Å². The van der Waals surface area contributed by atoms with Crippen LogP contribution in [0, 0.1) is 0 Å². The summed E-state index contributed by atoms with van der Waals surface area (Å²) in [6.07, 6.45) is 6.94. The fourth-order valence-corrected chi connectivity index (χ4v) is 19.2. The van der Waals surface area contributed by atoms with Gasteiger partial charge in [-0.05, 0) is 170 Å². The Morgan fingerprint density at radius 2 is 1.00 bits per heavy atom. The maximum Gasteiger partial charge on any atom is 0.252 e. The molecule has 17 rings (SSSR count). The Labute approximate surface area is 512 Å². The van der Waals surface area contributed by atoms with Crippen LogP contribution in [0.25, 0.3) is 42.1 Å². The molecular weight excluding hydrogens is 1060 g/mol. The van der Waals surface area contributed by atoms with E-state index in [4.69, 9.17) is 4.42 Å². The third-order valence-corrected chi connectivity index (χ3v) is 24.4. The molecule has 3 aliphatic heterocycles. The molecule has 1 saturated carbocycles. The molecule has 9 aromatic carbocycles. The van der Waals surface area contributed by atoms with Crippen LogP contribution in [-0.2, 0) is 32.5 Å². The maximum atomic E-state index is 7.26. The number of thiophene rings is 1. The summed E-state index contributed by atoms with van der Waals surface area (Å²) in [6.45, 7) is 32.2. The van der Waals surface area contributed by atoms with E-state index in [1.807, 2.05) is 11.3 Å². The molecule has 3 aliphatic carbocycles. The number of furan rings is 1. The van der Waals surface area contributed by atoms with Gasteiger partial charge < -0.3 is 19.1 Å². The number of fused-ring (bicyclic) bond motifs is 16. The standard InChI is InChI=1S/C80H78BN3OS/c1-74(2,3)47-34-35-61-58(40-47)79(12)36-20-21-37-80(79,13)84(61)48-41-66-72-67(42-48)83(63-30-22-26-50-49-24-14-18-31-68(49)85-73(50)63)64-45-55-54(75(4,5)38-39-76(55,6)7)43-59(64)81(72)60-44-56-57(78(10,11)53-28-17-16-27-52(53)77(56,8)9)46-65(60)82(66)62-29-23-33-70-71(62)51-25-15-19-32-69(51)86-70/h14-19,22-35,40-46H,20-21,36-39H2,1-13H3. The summed E-state index contributed by atoms with van der Waals surface area (Å²) < 4.78 is 9.88. The van der Waals surface area contributed by atoms with E-state index in [-0.39, 0.29) is 44.7 Å². The number of para-hydroxylation sites is 2. The number of rotatable bonds is 3. The highest BCUT2D eigenvalue weighted by atomic mass is 32.1. The third kappa shape index (κ3) is 6.78.